The fourth-order valence-corrected chi connectivity index (χ4v) is 1.70. The summed E-state index contributed by atoms with van der Waals surface area (Å²) < 4.78 is 44.1. The molecule has 8 heteroatoms. The molecule has 1 heterocycles. The fraction of sp³-hybridized carbons (Fsp3) is 0.615. The topological polar surface area (TPSA) is 82.7 Å². The standard InChI is InChI=1S/C13H18F3NO4/c1-8(18)5-6-17-11(19)7-12(20,13(14,15)16)10-4-3-9(2)21-10/h3-4,8,18,20H,5-7H2,1-2H3,(H,17,19). The normalized spacial score (nSPS) is 16.3. The van der Waals surface area contributed by atoms with Crippen molar-refractivity contribution in [3.05, 3.63) is 23.7 Å². The Hall–Kier alpha value is -1.54. The number of carbonyl (C=O) groups excluding carboxylic acids is 1. The van der Waals surface area contributed by atoms with Gasteiger partial charge >= 0.3 is 6.18 Å². The van der Waals surface area contributed by atoms with Crippen LogP contribution < -0.4 is 5.32 Å². The molecule has 1 rings (SSSR count). The fourth-order valence-electron chi connectivity index (χ4n) is 1.70. The van der Waals surface area contributed by atoms with Gasteiger partial charge in [0.25, 0.3) is 0 Å². The van der Waals surface area contributed by atoms with E-state index in [4.69, 9.17) is 9.52 Å². The highest BCUT2D eigenvalue weighted by Gasteiger charge is 2.58. The number of hydrogen-bond donors (Lipinski definition) is 3. The molecule has 0 aliphatic carbocycles. The van der Waals surface area contributed by atoms with Crippen LogP contribution in [-0.2, 0) is 10.4 Å². The van der Waals surface area contributed by atoms with Gasteiger partial charge in [-0.3, -0.25) is 4.79 Å². The first kappa shape index (κ1) is 17.5. The van der Waals surface area contributed by atoms with Crippen LogP contribution in [0.4, 0.5) is 13.2 Å². The van der Waals surface area contributed by atoms with Crippen LogP contribution in [-0.4, -0.2) is 34.9 Å². The summed E-state index contributed by atoms with van der Waals surface area (Å²) in [6.07, 6.45) is -6.74. The molecular weight excluding hydrogens is 291 g/mol. The highest BCUT2D eigenvalue weighted by Crippen LogP contribution is 2.42. The van der Waals surface area contributed by atoms with E-state index in [1.807, 2.05) is 0 Å². The van der Waals surface area contributed by atoms with E-state index in [9.17, 15) is 23.1 Å². The molecule has 1 aromatic rings. The molecule has 1 amide bonds. The van der Waals surface area contributed by atoms with Crippen molar-refractivity contribution in [2.45, 2.75) is 44.6 Å². The maximum atomic E-state index is 13.1. The van der Waals surface area contributed by atoms with Gasteiger partial charge in [-0.15, -0.1) is 0 Å². The number of aryl methyl sites for hydroxylation is 1. The summed E-state index contributed by atoms with van der Waals surface area (Å²) in [6, 6.07) is 2.27. The van der Waals surface area contributed by atoms with Crippen LogP contribution >= 0.6 is 0 Å². The van der Waals surface area contributed by atoms with Crippen molar-refractivity contribution in [3.8, 4) is 0 Å². The molecule has 0 saturated carbocycles. The van der Waals surface area contributed by atoms with Crippen LogP contribution in [0.15, 0.2) is 16.5 Å². The first-order valence-corrected chi connectivity index (χ1v) is 6.37. The number of alkyl halides is 3. The number of rotatable bonds is 6. The predicted molar refractivity (Wildman–Crippen MR) is 67.3 cm³/mol. The van der Waals surface area contributed by atoms with Gasteiger partial charge in [0.1, 0.15) is 11.5 Å². The molecule has 0 fully saturated rings. The summed E-state index contributed by atoms with van der Waals surface area (Å²) in [5.74, 6) is -1.51. The van der Waals surface area contributed by atoms with Crippen molar-refractivity contribution in [1.29, 1.82) is 0 Å². The van der Waals surface area contributed by atoms with Gasteiger partial charge in [0.05, 0.1) is 12.5 Å². The number of hydrogen-bond acceptors (Lipinski definition) is 4. The molecule has 0 bridgehead atoms. The molecule has 0 aliphatic rings. The second-order valence-electron chi connectivity index (χ2n) is 4.93. The van der Waals surface area contributed by atoms with Gasteiger partial charge in [-0.2, -0.15) is 13.2 Å². The predicted octanol–water partition coefficient (Wildman–Crippen LogP) is 1.62. The van der Waals surface area contributed by atoms with E-state index in [1.165, 1.54) is 19.9 Å². The SMILES string of the molecule is Cc1ccc(C(O)(CC(=O)NCCC(C)O)C(F)(F)F)o1. The van der Waals surface area contributed by atoms with E-state index < -0.39 is 36.0 Å². The number of halogens is 3. The number of aliphatic hydroxyl groups is 2. The lowest BCUT2D eigenvalue weighted by Crippen LogP contribution is -2.46. The maximum Gasteiger partial charge on any atom is 0.425 e. The molecule has 3 N–H and O–H groups in total. The summed E-state index contributed by atoms with van der Waals surface area (Å²) in [6.45, 7) is 2.94. The van der Waals surface area contributed by atoms with Crippen molar-refractivity contribution in [3.63, 3.8) is 0 Å². The summed E-state index contributed by atoms with van der Waals surface area (Å²) in [5.41, 5.74) is -3.38. The zero-order valence-electron chi connectivity index (χ0n) is 11.7. The molecule has 1 aromatic heterocycles. The van der Waals surface area contributed by atoms with Crippen molar-refractivity contribution in [1.82, 2.24) is 5.32 Å². The third-order valence-electron chi connectivity index (χ3n) is 2.92. The summed E-state index contributed by atoms with van der Waals surface area (Å²) in [4.78, 5) is 11.6. The first-order chi connectivity index (χ1) is 9.56. The van der Waals surface area contributed by atoms with E-state index in [2.05, 4.69) is 5.32 Å². The minimum atomic E-state index is -5.06. The largest absolute Gasteiger partial charge is 0.463 e. The monoisotopic (exact) mass is 309 g/mol. The average molecular weight is 309 g/mol. The second-order valence-corrected chi connectivity index (χ2v) is 4.93. The Morgan fingerprint density at radius 3 is 2.48 bits per heavy atom. The quantitative estimate of drug-likeness (QED) is 0.745. The van der Waals surface area contributed by atoms with Gasteiger partial charge in [0.15, 0.2) is 0 Å². The zero-order valence-corrected chi connectivity index (χ0v) is 11.7. The Labute approximate surface area is 119 Å². The zero-order chi connectivity index (χ0) is 16.3. The van der Waals surface area contributed by atoms with Gasteiger partial charge in [0, 0.05) is 6.54 Å². The number of furan rings is 1. The smallest absolute Gasteiger partial charge is 0.425 e. The van der Waals surface area contributed by atoms with Crippen molar-refractivity contribution < 1.29 is 32.6 Å². The Morgan fingerprint density at radius 2 is 2.05 bits per heavy atom. The Bertz CT molecular complexity index is 484. The molecular formula is C13H18F3NO4. The summed E-state index contributed by atoms with van der Waals surface area (Å²) >= 11 is 0. The lowest BCUT2D eigenvalue weighted by molar-refractivity contribution is -0.273. The highest BCUT2D eigenvalue weighted by atomic mass is 19.4. The molecule has 21 heavy (non-hydrogen) atoms. The van der Waals surface area contributed by atoms with E-state index in [-0.39, 0.29) is 18.7 Å². The Kier molecular flexibility index (Phi) is 5.41. The molecule has 0 radical (unpaired) electrons. The molecule has 2 atom stereocenters. The molecule has 0 saturated heterocycles. The number of nitrogens with one attached hydrogen (secondary N) is 1. The summed E-state index contributed by atoms with van der Waals surface area (Å²) in [5, 5.41) is 21.1. The molecule has 0 aliphatic heterocycles. The van der Waals surface area contributed by atoms with E-state index >= 15 is 0 Å². The van der Waals surface area contributed by atoms with Crippen molar-refractivity contribution >= 4 is 5.91 Å². The molecule has 0 spiro atoms. The third-order valence-corrected chi connectivity index (χ3v) is 2.92. The summed E-state index contributed by atoms with van der Waals surface area (Å²) in [7, 11) is 0. The maximum absolute atomic E-state index is 13.1. The van der Waals surface area contributed by atoms with Crippen LogP contribution in [0.2, 0.25) is 0 Å². The Morgan fingerprint density at radius 1 is 1.43 bits per heavy atom. The van der Waals surface area contributed by atoms with E-state index in [0.29, 0.717) is 0 Å². The number of aliphatic hydroxyl groups excluding tert-OH is 1. The minimum Gasteiger partial charge on any atom is -0.463 e. The number of carbonyl (C=O) groups is 1. The van der Waals surface area contributed by atoms with E-state index in [0.717, 1.165) is 6.07 Å². The van der Waals surface area contributed by atoms with Gasteiger partial charge in [0.2, 0.25) is 11.5 Å². The lowest BCUT2D eigenvalue weighted by Gasteiger charge is -2.28. The van der Waals surface area contributed by atoms with E-state index in [1.54, 1.807) is 0 Å². The van der Waals surface area contributed by atoms with Gasteiger partial charge < -0.3 is 19.9 Å². The molecule has 120 valence electrons. The molecule has 0 aromatic carbocycles. The lowest BCUT2D eigenvalue weighted by atomic mass is 9.95. The van der Waals surface area contributed by atoms with Gasteiger partial charge in [-0.25, -0.2) is 0 Å². The van der Waals surface area contributed by atoms with Crippen LogP contribution in [0.25, 0.3) is 0 Å². The average Bonchev–Trinajstić information content (AvgIpc) is 2.74. The molecule has 2 unspecified atom stereocenters. The first-order valence-electron chi connectivity index (χ1n) is 6.37. The van der Waals surface area contributed by atoms with Crippen LogP contribution in [0.5, 0.6) is 0 Å². The second kappa shape index (κ2) is 6.48. The van der Waals surface area contributed by atoms with Gasteiger partial charge in [-0.05, 0) is 32.4 Å². The highest BCUT2D eigenvalue weighted by molar-refractivity contribution is 5.77. The Balaban J connectivity index is 2.83. The van der Waals surface area contributed by atoms with Gasteiger partial charge in [-0.1, -0.05) is 0 Å². The van der Waals surface area contributed by atoms with Crippen molar-refractivity contribution in [2.75, 3.05) is 6.54 Å². The minimum absolute atomic E-state index is 0.0155. The van der Waals surface area contributed by atoms with Crippen LogP contribution in [0.3, 0.4) is 0 Å². The third kappa shape index (κ3) is 4.47. The van der Waals surface area contributed by atoms with Crippen LogP contribution in [0.1, 0.15) is 31.3 Å². The molecule has 5 nitrogen and oxygen atoms in total. The number of amides is 1. The van der Waals surface area contributed by atoms with Crippen LogP contribution in [0, 0.1) is 6.92 Å². The van der Waals surface area contributed by atoms with Crippen molar-refractivity contribution in [2.24, 2.45) is 0 Å².